The first-order chi connectivity index (χ1) is 15.2. The average molecular weight is 421 g/mol. The molecule has 0 spiro atoms. The van der Waals surface area contributed by atoms with E-state index < -0.39 is 0 Å². The lowest BCUT2D eigenvalue weighted by Gasteiger charge is -2.34. The fraction of sp³-hybridized carbons (Fsp3) is 0.520. The van der Waals surface area contributed by atoms with E-state index in [0.29, 0.717) is 0 Å². The van der Waals surface area contributed by atoms with E-state index in [-0.39, 0.29) is 0 Å². The summed E-state index contributed by atoms with van der Waals surface area (Å²) in [6.07, 6.45) is 5.62. The molecule has 2 saturated heterocycles. The second-order valence-corrected chi connectivity index (χ2v) is 8.84. The van der Waals surface area contributed by atoms with Crippen LogP contribution in [0.2, 0.25) is 0 Å². The molecule has 0 unspecified atom stereocenters. The maximum absolute atomic E-state index is 4.71. The third-order valence-electron chi connectivity index (χ3n) is 6.58. The van der Waals surface area contributed by atoms with Crippen LogP contribution in [0.5, 0.6) is 0 Å². The van der Waals surface area contributed by atoms with Crippen LogP contribution in [0.15, 0.2) is 53.7 Å². The van der Waals surface area contributed by atoms with Crippen molar-refractivity contribution < 1.29 is 0 Å². The Balaban J connectivity index is 1.23. The lowest BCUT2D eigenvalue weighted by Crippen LogP contribution is -2.45. The summed E-state index contributed by atoms with van der Waals surface area (Å²) in [5.41, 5.74) is 2.65. The summed E-state index contributed by atoms with van der Waals surface area (Å²) in [6, 6.07) is 15.2. The van der Waals surface area contributed by atoms with Gasteiger partial charge in [0.25, 0.3) is 0 Å². The van der Waals surface area contributed by atoms with Crippen molar-refractivity contribution in [1.82, 2.24) is 20.1 Å². The number of likely N-dealkylation sites (N-methyl/N-ethyl adjacent to an activating group) is 1. The Kier molecular flexibility index (Phi) is 7.41. The van der Waals surface area contributed by atoms with E-state index in [4.69, 9.17) is 4.98 Å². The van der Waals surface area contributed by atoms with Crippen LogP contribution < -0.4 is 10.2 Å². The van der Waals surface area contributed by atoms with Gasteiger partial charge in [0, 0.05) is 59.1 Å². The average Bonchev–Trinajstić information content (AvgIpc) is 2.82. The van der Waals surface area contributed by atoms with Crippen LogP contribution in [-0.4, -0.2) is 74.1 Å². The highest BCUT2D eigenvalue weighted by Gasteiger charge is 2.21. The van der Waals surface area contributed by atoms with Crippen molar-refractivity contribution in [3.63, 3.8) is 0 Å². The molecule has 2 aliphatic rings. The molecule has 0 saturated carbocycles. The van der Waals surface area contributed by atoms with Crippen molar-refractivity contribution in [2.75, 3.05) is 58.3 Å². The van der Waals surface area contributed by atoms with E-state index in [1.807, 2.05) is 13.2 Å². The zero-order valence-corrected chi connectivity index (χ0v) is 19.0. The number of anilines is 1. The Labute approximate surface area is 187 Å². The molecule has 6 heteroatoms. The van der Waals surface area contributed by atoms with E-state index in [2.05, 4.69) is 74.5 Å². The smallest absolute Gasteiger partial charge is 0.193 e. The van der Waals surface area contributed by atoms with Gasteiger partial charge in [-0.2, -0.15) is 0 Å². The van der Waals surface area contributed by atoms with Gasteiger partial charge in [0.2, 0.25) is 0 Å². The number of piperidine rings is 1. The molecular formula is C25H36N6. The minimum absolute atomic E-state index is 0.757. The summed E-state index contributed by atoms with van der Waals surface area (Å²) < 4.78 is 0. The van der Waals surface area contributed by atoms with Crippen molar-refractivity contribution in [2.45, 2.75) is 25.8 Å². The molecule has 2 fully saturated rings. The second kappa shape index (κ2) is 10.6. The molecule has 1 aromatic heterocycles. The number of pyridine rings is 1. The number of nitrogens with one attached hydrogen (secondary N) is 1. The van der Waals surface area contributed by atoms with Crippen molar-refractivity contribution in [3.05, 3.63) is 59.8 Å². The van der Waals surface area contributed by atoms with Crippen LogP contribution in [0.1, 0.15) is 24.0 Å². The van der Waals surface area contributed by atoms with E-state index in [9.17, 15) is 0 Å². The number of aromatic nitrogens is 1. The Morgan fingerprint density at radius 3 is 2.35 bits per heavy atom. The number of piperazine rings is 1. The number of rotatable bonds is 5. The zero-order chi connectivity index (χ0) is 21.5. The second-order valence-electron chi connectivity index (χ2n) is 8.84. The third-order valence-corrected chi connectivity index (χ3v) is 6.58. The molecule has 31 heavy (non-hydrogen) atoms. The van der Waals surface area contributed by atoms with Crippen LogP contribution in [0, 0.1) is 5.92 Å². The summed E-state index contributed by atoms with van der Waals surface area (Å²) >= 11 is 0. The molecule has 6 nitrogen and oxygen atoms in total. The number of hydrogen-bond donors (Lipinski definition) is 1. The van der Waals surface area contributed by atoms with Gasteiger partial charge in [-0.3, -0.25) is 4.99 Å². The monoisotopic (exact) mass is 420 g/mol. The SMILES string of the molecule is CN=C(NCc1ccc(N2CCN(C)CC2)nc1)N1CCC(Cc2ccccc2)CC1. The van der Waals surface area contributed by atoms with Crippen LogP contribution in [0.3, 0.4) is 0 Å². The summed E-state index contributed by atoms with van der Waals surface area (Å²) in [6.45, 7) is 7.19. The van der Waals surface area contributed by atoms with E-state index in [0.717, 1.165) is 63.5 Å². The molecule has 2 aliphatic heterocycles. The molecule has 4 rings (SSSR count). The van der Waals surface area contributed by atoms with Crippen molar-refractivity contribution >= 4 is 11.8 Å². The van der Waals surface area contributed by atoms with Crippen LogP contribution in [0.4, 0.5) is 5.82 Å². The number of hydrogen-bond acceptors (Lipinski definition) is 4. The first kappa shape index (κ1) is 21.6. The highest BCUT2D eigenvalue weighted by atomic mass is 15.3. The van der Waals surface area contributed by atoms with E-state index >= 15 is 0 Å². The Morgan fingerprint density at radius 2 is 1.71 bits per heavy atom. The number of aliphatic imine (C=N–C) groups is 1. The molecule has 0 bridgehead atoms. The lowest BCUT2D eigenvalue weighted by atomic mass is 9.90. The fourth-order valence-electron chi connectivity index (χ4n) is 4.55. The van der Waals surface area contributed by atoms with Crippen molar-refractivity contribution in [2.24, 2.45) is 10.9 Å². The van der Waals surface area contributed by atoms with Gasteiger partial charge in [0.1, 0.15) is 5.82 Å². The van der Waals surface area contributed by atoms with Crippen LogP contribution in [-0.2, 0) is 13.0 Å². The predicted molar refractivity (Wildman–Crippen MR) is 129 cm³/mol. The van der Waals surface area contributed by atoms with Gasteiger partial charge in [0.05, 0.1) is 0 Å². The van der Waals surface area contributed by atoms with Gasteiger partial charge >= 0.3 is 0 Å². The summed E-state index contributed by atoms with van der Waals surface area (Å²) in [4.78, 5) is 16.4. The first-order valence-electron chi connectivity index (χ1n) is 11.6. The Morgan fingerprint density at radius 1 is 0.968 bits per heavy atom. The molecule has 0 atom stereocenters. The predicted octanol–water partition coefficient (Wildman–Crippen LogP) is 2.86. The Hall–Kier alpha value is -2.60. The highest BCUT2D eigenvalue weighted by Crippen LogP contribution is 2.22. The molecular weight excluding hydrogens is 384 g/mol. The quantitative estimate of drug-likeness (QED) is 0.595. The summed E-state index contributed by atoms with van der Waals surface area (Å²) in [7, 11) is 4.06. The molecule has 1 N–H and O–H groups in total. The third kappa shape index (κ3) is 5.97. The van der Waals surface area contributed by atoms with Crippen LogP contribution >= 0.6 is 0 Å². The largest absolute Gasteiger partial charge is 0.354 e. The number of benzene rings is 1. The minimum atomic E-state index is 0.757. The summed E-state index contributed by atoms with van der Waals surface area (Å²) in [5, 5.41) is 3.54. The van der Waals surface area contributed by atoms with Gasteiger partial charge in [-0.1, -0.05) is 36.4 Å². The standard InChI is InChI=1S/C25H36N6/c1-26-25(31-12-10-22(11-13-31)18-21-6-4-3-5-7-21)28-20-23-8-9-24(27-19-23)30-16-14-29(2)15-17-30/h3-9,19,22H,10-18,20H2,1-2H3,(H,26,28). The van der Waals surface area contributed by atoms with Gasteiger partial charge < -0.3 is 20.0 Å². The van der Waals surface area contributed by atoms with Crippen LogP contribution in [0.25, 0.3) is 0 Å². The summed E-state index contributed by atoms with van der Waals surface area (Å²) in [5.74, 6) is 2.85. The molecule has 1 aromatic carbocycles. The van der Waals surface area contributed by atoms with Crippen molar-refractivity contribution in [1.29, 1.82) is 0 Å². The van der Waals surface area contributed by atoms with E-state index in [1.165, 1.54) is 30.4 Å². The van der Waals surface area contributed by atoms with Gasteiger partial charge in [0.15, 0.2) is 5.96 Å². The van der Waals surface area contributed by atoms with E-state index in [1.54, 1.807) is 0 Å². The maximum atomic E-state index is 4.71. The Bertz CT molecular complexity index is 819. The molecule has 0 amide bonds. The lowest BCUT2D eigenvalue weighted by molar-refractivity contribution is 0.259. The molecule has 166 valence electrons. The molecule has 0 aliphatic carbocycles. The number of guanidine groups is 1. The fourth-order valence-corrected chi connectivity index (χ4v) is 4.55. The highest BCUT2D eigenvalue weighted by molar-refractivity contribution is 5.79. The normalized spacial score (nSPS) is 19.0. The topological polar surface area (TPSA) is 47.0 Å². The molecule has 3 heterocycles. The van der Waals surface area contributed by atoms with Gasteiger partial charge in [-0.25, -0.2) is 4.98 Å². The number of likely N-dealkylation sites (tertiary alicyclic amines) is 1. The molecule has 2 aromatic rings. The van der Waals surface area contributed by atoms with Crippen molar-refractivity contribution in [3.8, 4) is 0 Å². The maximum Gasteiger partial charge on any atom is 0.193 e. The number of nitrogens with zero attached hydrogens (tertiary/aromatic N) is 5. The zero-order valence-electron chi connectivity index (χ0n) is 19.0. The minimum Gasteiger partial charge on any atom is -0.354 e. The molecule has 0 radical (unpaired) electrons. The van der Waals surface area contributed by atoms with Gasteiger partial charge in [-0.05, 0) is 49.4 Å². The van der Waals surface area contributed by atoms with Gasteiger partial charge in [-0.15, -0.1) is 0 Å². The first-order valence-corrected chi connectivity index (χ1v) is 11.6.